The van der Waals surface area contributed by atoms with Crippen LogP contribution in [0, 0.1) is 17.1 Å². The van der Waals surface area contributed by atoms with Crippen molar-refractivity contribution < 1.29 is 4.39 Å². The third-order valence-corrected chi connectivity index (χ3v) is 3.48. The summed E-state index contributed by atoms with van der Waals surface area (Å²) >= 11 is 0. The Labute approximate surface area is 122 Å². The normalized spacial score (nSPS) is 11.6. The highest BCUT2D eigenvalue weighted by molar-refractivity contribution is 5.98. The number of rotatable bonds is 2. The number of benzene rings is 2. The van der Waals surface area contributed by atoms with Gasteiger partial charge in [-0.05, 0) is 29.8 Å². The molecule has 2 nitrogen and oxygen atoms in total. The van der Waals surface area contributed by atoms with E-state index in [1.165, 1.54) is 12.1 Å². The van der Waals surface area contributed by atoms with Gasteiger partial charge < -0.3 is 4.57 Å². The minimum Gasteiger partial charge on any atom is -0.350 e. The Morgan fingerprint density at radius 1 is 1.19 bits per heavy atom. The number of para-hydroxylation sites is 1. The van der Waals surface area contributed by atoms with E-state index in [4.69, 9.17) is 0 Å². The van der Waals surface area contributed by atoms with Gasteiger partial charge in [0.2, 0.25) is 0 Å². The van der Waals surface area contributed by atoms with E-state index in [0.717, 1.165) is 16.5 Å². The fourth-order valence-electron chi connectivity index (χ4n) is 2.48. The molecule has 3 aromatic rings. The lowest BCUT2D eigenvalue weighted by atomic mass is 10.0. The monoisotopic (exact) mass is 276 g/mol. The number of nitrogens with zero attached hydrogens (tertiary/aromatic N) is 2. The van der Waals surface area contributed by atoms with Crippen molar-refractivity contribution in [3.63, 3.8) is 0 Å². The number of fused-ring (bicyclic) bond motifs is 1. The van der Waals surface area contributed by atoms with E-state index in [2.05, 4.69) is 6.07 Å². The first-order valence-corrected chi connectivity index (χ1v) is 6.61. The fraction of sp³-hybridized carbons (Fsp3) is 0.0556. The average Bonchev–Trinajstić information content (AvgIpc) is 2.82. The highest BCUT2D eigenvalue weighted by Crippen LogP contribution is 2.25. The first kappa shape index (κ1) is 13.1. The zero-order chi connectivity index (χ0) is 14.8. The molecule has 0 bridgehead atoms. The zero-order valence-electron chi connectivity index (χ0n) is 11.5. The van der Waals surface area contributed by atoms with E-state index in [9.17, 15) is 9.65 Å². The summed E-state index contributed by atoms with van der Waals surface area (Å²) in [5.74, 6) is -0.341. The molecule has 0 N–H and O–H groups in total. The number of halogens is 1. The molecule has 1 heterocycles. The molecule has 2 aromatic carbocycles. The number of allylic oxidation sites excluding steroid dienone is 1. The molecule has 0 saturated carbocycles. The molecule has 0 saturated heterocycles. The molecule has 21 heavy (non-hydrogen) atoms. The largest absolute Gasteiger partial charge is 0.350 e. The Kier molecular flexibility index (Phi) is 3.29. The predicted octanol–water partition coefficient (Wildman–Crippen LogP) is 4.38. The van der Waals surface area contributed by atoms with Gasteiger partial charge in [-0.15, -0.1) is 0 Å². The maximum atomic E-state index is 13.3. The topological polar surface area (TPSA) is 28.7 Å². The van der Waals surface area contributed by atoms with Crippen molar-refractivity contribution >= 4 is 22.6 Å². The van der Waals surface area contributed by atoms with Gasteiger partial charge >= 0.3 is 0 Å². The zero-order valence-corrected chi connectivity index (χ0v) is 11.5. The van der Waals surface area contributed by atoms with Crippen LogP contribution in [0.4, 0.5) is 4.39 Å². The van der Waals surface area contributed by atoms with Crippen molar-refractivity contribution in [3.8, 4) is 6.07 Å². The van der Waals surface area contributed by atoms with Crippen molar-refractivity contribution in [3.05, 3.63) is 71.7 Å². The number of aryl methyl sites for hydroxylation is 1. The maximum Gasteiger partial charge on any atom is 0.123 e. The van der Waals surface area contributed by atoms with Crippen molar-refractivity contribution in [2.24, 2.45) is 7.05 Å². The number of hydrogen-bond acceptors (Lipinski definition) is 1. The Bertz CT molecular complexity index is 882. The Morgan fingerprint density at radius 3 is 2.76 bits per heavy atom. The molecule has 0 atom stereocenters. The molecule has 0 fully saturated rings. The molecular formula is C18H13FN2. The standard InChI is InChI=1S/C18H13FN2/c1-21-12-15(17-7-2-3-8-18(17)21)9-14(11-20)13-5-4-6-16(19)10-13/h2-10,12H,1H3/b14-9-. The van der Waals surface area contributed by atoms with Gasteiger partial charge in [0.15, 0.2) is 0 Å². The second kappa shape index (κ2) is 5.26. The summed E-state index contributed by atoms with van der Waals surface area (Å²) in [4.78, 5) is 0. The third-order valence-electron chi connectivity index (χ3n) is 3.48. The van der Waals surface area contributed by atoms with Crippen molar-refractivity contribution in [2.75, 3.05) is 0 Å². The molecule has 0 aliphatic carbocycles. The summed E-state index contributed by atoms with van der Waals surface area (Å²) in [5.41, 5.74) is 3.09. The van der Waals surface area contributed by atoms with Crippen LogP contribution in [0.25, 0.3) is 22.6 Å². The SMILES string of the molecule is Cn1cc(/C=C(/C#N)c2cccc(F)c2)c2ccccc21. The van der Waals surface area contributed by atoms with Gasteiger partial charge in [0, 0.05) is 29.7 Å². The third kappa shape index (κ3) is 2.44. The molecule has 0 radical (unpaired) electrons. The number of hydrogen-bond donors (Lipinski definition) is 0. The smallest absolute Gasteiger partial charge is 0.123 e. The van der Waals surface area contributed by atoms with Crippen molar-refractivity contribution in [2.45, 2.75) is 0 Å². The van der Waals surface area contributed by atoms with Crippen LogP contribution in [0.15, 0.2) is 54.7 Å². The molecule has 0 aliphatic rings. The summed E-state index contributed by atoms with van der Waals surface area (Å²) < 4.78 is 15.3. The first-order chi connectivity index (χ1) is 10.2. The Balaban J connectivity index is 2.16. The first-order valence-electron chi connectivity index (χ1n) is 6.61. The summed E-state index contributed by atoms with van der Waals surface area (Å²) in [6, 6.07) is 16.2. The van der Waals surface area contributed by atoms with Crippen LogP contribution in [-0.2, 0) is 7.05 Å². The van der Waals surface area contributed by atoms with Gasteiger partial charge in [-0.2, -0.15) is 5.26 Å². The van der Waals surface area contributed by atoms with Gasteiger partial charge in [-0.3, -0.25) is 0 Å². The summed E-state index contributed by atoms with van der Waals surface area (Å²) in [6.45, 7) is 0. The highest BCUT2D eigenvalue weighted by atomic mass is 19.1. The summed E-state index contributed by atoms with van der Waals surface area (Å²) in [7, 11) is 1.97. The van der Waals surface area contributed by atoms with E-state index in [0.29, 0.717) is 11.1 Å². The van der Waals surface area contributed by atoms with Crippen molar-refractivity contribution in [1.82, 2.24) is 4.57 Å². The Hall–Kier alpha value is -2.86. The van der Waals surface area contributed by atoms with Crippen LogP contribution in [0.2, 0.25) is 0 Å². The van der Waals surface area contributed by atoms with E-state index in [1.54, 1.807) is 18.2 Å². The van der Waals surface area contributed by atoms with Crippen LogP contribution in [0.5, 0.6) is 0 Å². The molecule has 0 unspecified atom stereocenters. The Morgan fingerprint density at radius 2 is 2.00 bits per heavy atom. The molecule has 102 valence electrons. The van der Waals surface area contributed by atoms with E-state index in [1.807, 2.05) is 42.1 Å². The quantitative estimate of drug-likeness (QED) is 0.638. The fourth-order valence-corrected chi connectivity index (χ4v) is 2.48. The van der Waals surface area contributed by atoms with Crippen LogP contribution < -0.4 is 0 Å². The van der Waals surface area contributed by atoms with Gasteiger partial charge in [0.25, 0.3) is 0 Å². The minimum absolute atomic E-state index is 0.341. The van der Waals surface area contributed by atoms with E-state index < -0.39 is 0 Å². The molecule has 1 aromatic heterocycles. The summed E-state index contributed by atoms with van der Waals surface area (Å²) in [5, 5.41) is 10.4. The summed E-state index contributed by atoms with van der Waals surface area (Å²) in [6.07, 6.45) is 3.78. The number of aromatic nitrogens is 1. The lowest BCUT2D eigenvalue weighted by molar-refractivity contribution is 0.627. The molecule has 0 amide bonds. The van der Waals surface area contributed by atoms with Crippen LogP contribution in [0.1, 0.15) is 11.1 Å². The second-order valence-corrected chi connectivity index (χ2v) is 4.89. The van der Waals surface area contributed by atoms with Gasteiger partial charge in [0.05, 0.1) is 11.6 Å². The molecule has 3 rings (SSSR count). The van der Waals surface area contributed by atoms with E-state index in [-0.39, 0.29) is 5.82 Å². The predicted molar refractivity (Wildman–Crippen MR) is 82.8 cm³/mol. The second-order valence-electron chi connectivity index (χ2n) is 4.89. The van der Waals surface area contributed by atoms with Gasteiger partial charge in [0.1, 0.15) is 5.82 Å². The van der Waals surface area contributed by atoms with E-state index >= 15 is 0 Å². The molecular weight excluding hydrogens is 263 g/mol. The lowest BCUT2D eigenvalue weighted by Gasteiger charge is -1.99. The molecule has 0 spiro atoms. The van der Waals surface area contributed by atoms with Crippen molar-refractivity contribution in [1.29, 1.82) is 5.26 Å². The highest BCUT2D eigenvalue weighted by Gasteiger charge is 2.07. The molecule has 3 heteroatoms. The number of nitriles is 1. The minimum atomic E-state index is -0.341. The molecule has 0 aliphatic heterocycles. The van der Waals surface area contributed by atoms with Crippen LogP contribution >= 0.6 is 0 Å². The van der Waals surface area contributed by atoms with Crippen LogP contribution in [0.3, 0.4) is 0 Å². The lowest BCUT2D eigenvalue weighted by Crippen LogP contribution is -1.84. The van der Waals surface area contributed by atoms with Gasteiger partial charge in [-0.1, -0.05) is 30.3 Å². The van der Waals surface area contributed by atoms with Crippen LogP contribution in [-0.4, -0.2) is 4.57 Å². The van der Waals surface area contributed by atoms with Gasteiger partial charge in [-0.25, -0.2) is 4.39 Å². The maximum absolute atomic E-state index is 13.3. The average molecular weight is 276 g/mol.